The van der Waals surface area contributed by atoms with E-state index in [0.29, 0.717) is 31.5 Å². The van der Waals surface area contributed by atoms with Crippen LogP contribution < -0.4 is 0 Å². The number of ether oxygens (including phenoxy) is 3. The monoisotopic (exact) mass is 400 g/mol. The maximum atomic E-state index is 12.8. The molecule has 158 valence electrons. The standard InChI is InChI=1S/C24H32O5/c1-15(25)24(29-16(2)26)11-8-21-20-5-4-17-14-23(27-12-13-28-23)10-7-18(17)19(20)6-9-22(21,24)3/h6,20-21H,4-5,7-14H2,1-3H3. The third-order valence-electron chi connectivity index (χ3n) is 8.65. The molecule has 0 N–H and O–H groups in total. The Kier molecular flexibility index (Phi) is 4.38. The van der Waals surface area contributed by atoms with Crippen molar-refractivity contribution in [1.29, 1.82) is 0 Å². The molecule has 1 heterocycles. The first-order valence-corrected chi connectivity index (χ1v) is 11.2. The Balaban J connectivity index is 1.49. The molecule has 4 atom stereocenters. The molecule has 0 bridgehead atoms. The van der Waals surface area contributed by atoms with Crippen LogP contribution in [0.3, 0.4) is 0 Å². The summed E-state index contributed by atoms with van der Waals surface area (Å²) in [7, 11) is 0. The van der Waals surface area contributed by atoms with E-state index in [2.05, 4.69) is 13.0 Å². The van der Waals surface area contributed by atoms with Gasteiger partial charge in [-0.2, -0.15) is 0 Å². The van der Waals surface area contributed by atoms with Crippen molar-refractivity contribution in [3.05, 3.63) is 22.8 Å². The number of ketones is 1. The van der Waals surface area contributed by atoms with Gasteiger partial charge in [0.15, 0.2) is 17.2 Å². The van der Waals surface area contributed by atoms with Crippen LogP contribution >= 0.6 is 0 Å². The molecule has 1 aliphatic heterocycles. The van der Waals surface area contributed by atoms with E-state index in [9.17, 15) is 9.59 Å². The van der Waals surface area contributed by atoms with Crippen LogP contribution in [-0.2, 0) is 23.8 Å². The summed E-state index contributed by atoms with van der Waals surface area (Å²) < 4.78 is 17.8. The molecule has 0 aromatic carbocycles. The summed E-state index contributed by atoms with van der Waals surface area (Å²) in [5.41, 5.74) is 3.26. The molecule has 4 unspecified atom stereocenters. The summed E-state index contributed by atoms with van der Waals surface area (Å²) in [4.78, 5) is 24.7. The van der Waals surface area contributed by atoms with Gasteiger partial charge in [0.05, 0.1) is 13.2 Å². The largest absolute Gasteiger partial charge is 0.451 e. The summed E-state index contributed by atoms with van der Waals surface area (Å²) in [6.07, 6.45) is 9.81. The predicted molar refractivity (Wildman–Crippen MR) is 107 cm³/mol. The second-order valence-electron chi connectivity index (χ2n) is 9.91. The predicted octanol–water partition coefficient (Wildman–Crippen LogP) is 4.26. The zero-order valence-electron chi connectivity index (χ0n) is 17.8. The van der Waals surface area contributed by atoms with Crippen LogP contribution in [0.4, 0.5) is 0 Å². The van der Waals surface area contributed by atoms with Crippen molar-refractivity contribution in [2.45, 2.75) is 83.5 Å². The lowest BCUT2D eigenvalue weighted by molar-refractivity contribution is -0.180. The zero-order valence-corrected chi connectivity index (χ0v) is 17.8. The lowest BCUT2D eigenvalue weighted by Crippen LogP contribution is -2.55. The summed E-state index contributed by atoms with van der Waals surface area (Å²) >= 11 is 0. The van der Waals surface area contributed by atoms with Crippen molar-refractivity contribution in [3.63, 3.8) is 0 Å². The highest BCUT2D eigenvalue weighted by Gasteiger charge is 2.65. The molecule has 0 aromatic rings. The van der Waals surface area contributed by atoms with Crippen molar-refractivity contribution in [2.24, 2.45) is 17.3 Å². The third-order valence-corrected chi connectivity index (χ3v) is 8.65. The summed E-state index contributed by atoms with van der Waals surface area (Å²) in [6, 6.07) is 0. The fraction of sp³-hybridized carbons (Fsp3) is 0.750. The minimum absolute atomic E-state index is 0.000373. The number of hydrogen-bond acceptors (Lipinski definition) is 5. The van der Waals surface area contributed by atoms with Gasteiger partial charge >= 0.3 is 5.97 Å². The molecule has 1 saturated heterocycles. The van der Waals surface area contributed by atoms with E-state index in [0.717, 1.165) is 44.9 Å². The number of carbonyl (C=O) groups is 2. The van der Waals surface area contributed by atoms with E-state index in [-0.39, 0.29) is 23.0 Å². The topological polar surface area (TPSA) is 61.8 Å². The lowest BCUT2D eigenvalue weighted by Gasteiger charge is -2.51. The van der Waals surface area contributed by atoms with E-state index in [1.54, 1.807) is 6.92 Å². The highest BCUT2D eigenvalue weighted by molar-refractivity contribution is 5.89. The first-order chi connectivity index (χ1) is 13.8. The van der Waals surface area contributed by atoms with Crippen LogP contribution in [-0.4, -0.2) is 36.4 Å². The molecule has 2 fully saturated rings. The molecular weight excluding hydrogens is 368 g/mol. The number of hydrogen-bond donors (Lipinski definition) is 0. The number of rotatable bonds is 2. The molecule has 5 aliphatic rings. The highest BCUT2D eigenvalue weighted by Crippen LogP contribution is 2.64. The Morgan fingerprint density at radius 1 is 1.10 bits per heavy atom. The Morgan fingerprint density at radius 3 is 2.55 bits per heavy atom. The van der Waals surface area contributed by atoms with Crippen LogP contribution in [0, 0.1) is 17.3 Å². The van der Waals surface area contributed by atoms with Crippen LogP contribution in [0.2, 0.25) is 0 Å². The quantitative estimate of drug-likeness (QED) is 0.648. The lowest BCUT2D eigenvalue weighted by atomic mass is 9.55. The first-order valence-electron chi connectivity index (χ1n) is 11.2. The van der Waals surface area contributed by atoms with Gasteiger partial charge in [-0.05, 0) is 68.4 Å². The van der Waals surface area contributed by atoms with Gasteiger partial charge in [-0.1, -0.05) is 18.6 Å². The molecule has 5 heteroatoms. The Labute approximate surface area is 172 Å². The van der Waals surface area contributed by atoms with Crippen LogP contribution in [0.25, 0.3) is 0 Å². The van der Waals surface area contributed by atoms with Gasteiger partial charge < -0.3 is 14.2 Å². The molecule has 5 nitrogen and oxygen atoms in total. The second kappa shape index (κ2) is 6.52. The molecule has 0 radical (unpaired) electrons. The smallest absolute Gasteiger partial charge is 0.303 e. The Bertz CT molecular complexity index is 817. The van der Waals surface area contributed by atoms with Crippen molar-refractivity contribution < 1.29 is 23.8 Å². The normalized spacial score (nSPS) is 40.2. The van der Waals surface area contributed by atoms with E-state index in [1.165, 1.54) is 23.6 Å². The Morgan fingerprint density at radius 2 is 1.86 bits per heavy atom. The van der Waals surface area contributed by atoms with Crippen LogP contribution in [0.1, 0.15) is 72.1 Å². The summed E-state index contributed by atoms with van der Waals surface area (Å²) in [5, 5.41) is 0. The number of esters is 1. The van der Waals surface area contributed by atoms with Crippen molar-refractivity contribution in [1.82, 2.24) is 0 Å². The average Bonchev–Trinajstić information content (AvgIpc) is 3.24. The SMILES string of the molecule is CC(=O)OC1(C(C)=O)CCC2C3CCC4=C(CCC5(C4)OCCO5)C3=CCC21C. The van der Waals surface area contributed by atoms with E-state index in [4.69, 9.17) is 14.2 Å². The molecule has 29 heavy (non-hydrogen) atoms. The Hall–Kier alpha value is -1.46. The van der Waals surface area contributed by atoms with E-state index >= 15 is 0 Å². The molecule has 5 rings (SSSR count). The van der Waals surface area contributed by atoms with E-state index < -0.39 is 5.60 Å². The summed E-state index contributed by atoms with van der Waals surface area (Å²) in [6.45, 7) is 6.62. The van der Waals surface area contributed by atoms with Crippen molar-refractivity contribution in [2.75, 3.05) is 13.2 Å². The second-order valence-corrected chi connectivity index (χ2v) is 9.91. The van der Waals surface area contributed by atoms with Crippen molar-refractivity contribution >= 4 is 11.8 Å². The average molecular weight is 401 g/mol. The van der Waals surface area contributed by atoms with Gasteiger partial charge in [0.2, 0.25) is 0 Å². The van der Waals surface area contributed by atoms with Gasteiger partial charge in [-0.25, -0.2) is 0 Å². The number of Topliss-reactive ketones (excluding diaryl/α,β-unsaturated/α-hetero) is 1. The minimum atomic E-state index is -0.970. The molecular formula is C24H32O5. The van der Waals surface area contributed by atoms with Gasteiger partial charge in [-0.3, -0.25) is 9.59 Å². The van der Waals surface area contributed by atoms with Gasteiger partial charge in [0.1, 0.15) is 0 Å². The summed E-state index contributed by atoms with van der Waals surface area (Å²) in [5.74, 6) is 0.125. The fourth-order valence-electron chi connectivity index (χ4n) is 7.35. The third kappa shape index (κ3) is 2.66. The first kappa shape index (κ1) is 19.5. The maximum absolute atomic E-state index is 12.8. The van der Waals surface area contributed by atoms with Gasteiger partial charge in [0.25, 0.3) is 0 Å². The number of carbonyl (C=O) groups excluding carboxylic acids is 2. The molecule has 0 aromatic heterocycles. The van der Waals surface area contributed by atoms with Gasteiger partial charge in [-0.15, -0.1) is 0 Å². The van der Waals surface area contributed by atoms with Crippen molar-refractivity contribution in [3.8, 4) is 0 Å². The molecule has 0 amide bonds. The fourth-order valence-corrected chi connectivity index (χ4v) is 7.35. The molecule has 1 saturated carbocycles. The molecule has 4 aliphatic carbocycles. The van der Waals surface area contributed by atoms with E-state index in [1.807, 2.05) is 0 Å². The van der Waals surface area contributed by atoms with Gasteiger partial charge in [0, 0.05) is 25.2 Å². The minimum Gasteiger partial charge on any atom is -0.451 e. The molecule has 1 spiro atoms. The van der Waals surface area contributed by atoms with Crippen LogP contribution in [0.15, 0.2) is 22.8 Å². The number of fused-ring (bicyclic) bond motifs is 4. The zero-order chi connectivity index (χ0) is 20.4. The highest BCUT2D eigenvalue weighted by atomic mass is 16.7. The maximum Gasteiger partial charge on any atom is 0.303 e. The van der Waals surface area contributed by atoms with Crippen LogP contribution in [0.5, 0.6) is 0 Å². The number of allylic oxidation sites excluding steroid dienone is 3.